The zero-order valence-electron chi connectivity index (χ0n) is 11.4. The van der Waals surface area contributed by atoms with Gasteiger partial charge in [-0.25, -0.2) is 4.79 Å². The van der Waals surface area contributed by atoms with Gasteiger partial charge in [0.25, 0.3) is 0 Å². The Morgan fingerprint density at radius 3 is 2.56 bits per heavy atom. The Labute approximate surface area is 108 Å². The molecule has 18 heavy (non-hydrogen) atoms. The molecule has 1 N–H and O–H groups in total. The minimum Gasteiger partial charge on any atom is -0.478 e. The van der Waals surface area contributed by atoms with Crippen LogP contribution in [0.1, 0.15) is 55.6 Å². The van der Waals surface area contributed by atoms with Gasteiger partial charge in [-0.3, -0.25) is 0 Å². The summed E-state index contributed by atoms with van der Waals surface area (Å²) in [5, 5.41) is 9.12. The zero-order chi connectivity index (χ0) is 13.5. The summed E-state index contributed by atoms with van der Waals surface area (Å²) in [7, 11) is 0. The maximum atomic E-state index is 11.1. The van der Waals surface area contributed by atoms with Gasteiger partial charge < -0.3 is 5.11 Å². The molecule has 0 spiro atoms. The summed E-state index contributed by atoms with van der Waals surface area (Å²) in [6.07, 6.45) is 3.28. The number of allylic oxidation sites excluding steroid dienone is 2. The highest BCUT2D eigenvalue weighted by Gasteiger charge is 2.29. The van der Waals surface area contributed by atoms with E-state index in [1.807, 2.05) is 12.1 Å². The molecule has 0 saturated heterocycles. The monoisotopic (exact) mass is 244 g/mol. The van der Waals surface area contributed by atoms with Gasteiger partial charge in [-0.15, -0.1) is 0 Å². The van der Waals surface area contributed by atoms with Crippen LogP contribution in [-0.2, 0) is 5.41 Å². The summed E-state index contributed by atoms with van der Waals surface area (Å²) in [6.45, 7) is 8.72. The summed E-state index contributed by atoms with van der Waals surface area (Å²) in [5.41, 5.74) is 4.11. The largest absolute Gasteiger partial charge is 0.478 e. The predicted molar refractivity (Wildman–Crippen MR) is 73.9 cm³/mol. The molecule has 96 valence electrons. The van der Waals surface area contributed by atoms with E-state index < -0.39 is 5.97 Å². The molecule has 2 nitrogen and oxygen atoms in total. The van der Waals surface area contributed by atoms with E-state index >= 15 is 0 Å². The first-order chi connectivity index (χ1) is 8.33. The van der Waals surface area contributed by atoms with Crippen molar-refractivity contribution < 1.29 is 9.90 Å². The Hall–Kier alpha value is -1.57. The molecule has 0 unspecified atom stereocenters. The quantitative estimate of drug-likeness (QED) is 0.850. The van der Waals surface area contributed by atoms with E-state index in [0.717, 1.165) is 12.0 Å². The van der Waals surface area contributed by atoms with Crippen molar-refractivity contribution in [3.8, 4) is 0 Å². The molecule has 0 fully saturated rings. The molecule has 0 bridgehead atoms. The topological polar surface area (TPSA) is 37.3 Å². The highest BCUT2D eigenvalue weighted by atomic mass is 16.4. The van der Waals surface area contributed by atoms with Crippen LogP contribution in [0.5, 0.6) is 0 Å². The van der Waals surface area contributed by atoms with Crippen LogP contribution >= 0.6 is 0 Å². The molecule has 0 atom stereocenters. The van der Waals surface area contributed by atoms with Crippen molar-refractivity contribution in [1.29, 1.82) is 0 Å². The standard InChI is InChI=1S/C16H20O2/c1-10(2)12-7-8-16(3,4)14-6-5-11(15(17)18)9-13(12)14/h5-7,9-10H,8H2,1-4H3,(H,17,18). The Kier molecular flexibility index (Phi) is 3.05. The first kappa shape index (κ1) is 12.9. The second-order valence-electron chi connectivity index (χ2n) is 5.97. The van der Waals surface area contributed by atoms with Gasteiger partial charge in [-0.05, 0) is 46.6 Å². The van der Waals surface area contributed by atoms with E-state index in [1.165, 1.54) is 11.1 Å². The lowest BCUT2D eigenvalue weighted by Gasteiger charge is -2.33. The van der Waals surface area contributed by atoms with E-state index in [4.69, 9.17) is 5.11 Å². The molecular weight excluding hydrogens is 224 g/mol. The van der Waals surface area contributed by atoms with Crippen LogP contribution in [-0.4, -0.2) is 11.1 Å². The third-order valence-electron chi connectivity index (χ3n) is 3.76. The molecule has 0 heterocycles. The van der Waals surface area contributed by atoms with Crippen LogP contribution in [0.15, 0.2) is 24.3 Å². The summed E-state index contributed by atoms with van der Waals surface area (Å²) in [4.78, 5) is 11.1. The van der Waals surface area contributed by atoms with Gasteiger partial charge in [0.2, 0.25) is 0 Å². The van der Waals surface area contributed by atoms with Crippen molar-refractivity contribution in [3.63, 3.8) is 0 Å². The van der Waals surface area contributed by atoms with Crippen molar-refractivity contribution >= 4 is 11.5 Å². The maximum Gasteiger partial charge on any atom is 0.335 e. The van der Waals surface area contributed by atoms with Crippen molar-refractivity contribution in [2.75, 3.05) is 0 Å². The van der Waals surface area contributed by atoms with Crippen LogP contribution in [0, 0.1) is 5.92 Å². The van der Waals surface area contributed by atoms with E-state index in [0.29, 0.717) is 11.5 Å². The fourth-order valence-corrected chi connectivity index (χ4v) is 2.64. The first-order valence-electron chi connectivity index (χ1n) is 6.41. The van der Waals surface area contributed by atoms with Gasteiger partial charge in [0.05, 0.1) is 5.56 Å². The fourth-order valence-electron chi connectivity index (χ4n) is 2.64. The molecule has 1 aromatic rings. The number of benzene rings is 1. The number of hydrogen-bond donors (Lipinski definition) is 1. The molecule has 0 aromatic heterocycles. The van der Waals surface area contributed by atoms with Crippen LogP contribution in [0.2, 0.25) is 0 Å². The Morgan fingerprint density at radius 2 is 2.00 bits per heavy atom. The molecule has 0 saturated carbocycles. The molecule has 0 amide bonds. The van der Waals surface area contributed by atoms with Crippen molar-refractivity contribution in [2.24, 2.45) is 5.92 Å². The fraction of sp³-hybridized carbons (Fsp3) is 0.438. The van der Waals surface area contributed by atoms with Crippen LogP contribution in [0.25, 0.3) is 5.57 Å². The number of rotatable bonds is 2. The molecule has 1 aliphatic carbocycles. The van der Waals surface area contributed by atoms with E-state index in [1.54, 1.807) is 6.07 Å². The summed E-state index contributed by atoms with van der Waals surface area (Å²) >= 11 is 0. The first-order valence-corrected chi connectivity index (χ1v) is 6.41. The summed E-state index contributed by atoms with van der Waals surface area (Å²) in [6, 6.07) is 5.52. The lowest BCUT2D eigenvalue weighted by molar-refractivity contribution is 0.0696. The van der Waals surface area contributed by atoms with Crippen molar-refractivity contribution in [2.45, 2.75) is 39.5 Å². The Morgan fingerprint density at radius 1 is 1.33 bits per heavy atom. The van der Waals surface area contributed by atoms with Gasteiger partial charge in [0.15, 0.2) is 0 Å². The van der Waals surface area contributed by atoms with E-state index in [9.17, 15) is 4.79 Å². The maximum absolute atomic E-state index is 11.1. The van der Waals surface area contributed by atoms with Gasteiger partial charge in [-0.2, -0.15) is 0 Å². The predicted octanol–water partition coefficient (Wildman–Crippen LogP) is 4.11. The molecular formula is C16H20O2. The minimum absolute atomic E-state index is 0.0881. The number of hydrogen-bond acceptors (Lipinski definition) is 1. The van der Waals surface area contributed by atoms with E-state index in [2.05, 4.69) is 33.8 Å². The lowest BCUT2D eigenvalue weighted by Crippen LogP contribution is -2.23. The number of carbonyl (C=O) groups is 1. The smallest absolute Gasteiger partial charge is 0.335 e. The highest BCUT2D eigenvalue weighted by Crippen LogP contribution is 2.41. The van der Waals surface area contributed by atoms with Crippen LogP contribution < -0.4 is 0 Å². The molecule has 1 aromatic carbocycles. The average molecular weight is 244 g/mol. The van der Waals surface area contributed by atoms with Gasteiger partial charge in [0, 0.05) is 0 Å². The van der Waals surface area contributed by atoms with Crippen LogP contribution in [0.3, 0.4) is 0 Å². The van der Waals surface area contributed by atoms with Crippen LogP contribution in [0.4, 0.5) is 0 Å². The van der Waals surface area contributed by atoms with Gasteiger partial charge >= 0.3 is 5.97 Å². The number of aromatic carboxylic acids is 1. The molecule has 1 aliphatic rings. The third-order valence-corrected chi connectivity index (χ3v) is 3.76. The molecule has 2 rings (SSSR count). The molecule has 0 radical (unpaired) electrons. The average Bonchev–Trinajstić information content (AvgIpc) is 2.27. The second kappa shape index (κ2) is 4.27. The normalized spacial score (nSPS) is 17.3. The minimum atomic E-state index is -0.857. The Balaban J connectivity index is 2.63. The number of carboxylic acid groups (broad SMARTS) is 1. The summed E-state index contributed by atoms with van der Waals surface area (Å²) in [5.74, 6) is -0.437. The lowest BCUT2D eigenvalue weighted by atomic mass is 9.71. The SMILES string of the molecule is CC(C)C1=CCC(C)(C)c2ccc(C(=O)O)cc21. The van der Waals surface area contributed by atoms with Crippen molar-refractivity contribution in [3.05, 3.63) is 41.0 Å². The highest BCUT2D eigenvalue weighted by molar-refractivity contribution is 5.89. The molecule has 2 heteroatoms. The molecule has 0 aliphatic heterocycles. The number of carboxylic acids is 1. The third kappa shape index (κ3) is 2.07. The van der Waals surface area contributed by atoms with E-state index in [-0.39, 0.29) is 5.41 Å². The summed E-state index contributed by atoms with van der Waals surface area (Å²) < 4.78 is 0. The number of fused-ring (bicyclic) bond motifs is 1. The van der Waals surface area contributed by atoms with Gasteiger partial charge in [-0.1, -0.05) is 39.8 Å². The second-order valence-corrected chi connectivity index (χ2v) is 5.97. The zero-order valence-corrected chi connectivity index (χ0v) is 11.4. The van der Waals surface area contributed by atoms with Crippen molar-refractivity contribution in [1.82, 2.24) is 0 Å². The Bertz CT molecular complexity index is 522. The van der Waals surface area contributed by atoms with Gasteiger partial charge in [0.1, 0.15) is 0 Å².